The summed E-state index contributed by atoms with van der Waals surface area (Å²) in [5.41, 5.74) is 5.78. The summed E-state index contributed by atoms with van der Waals surface area (Å²) in [5, 5.41) is 0. The Morgan fingerprint density at radius 3 is 2.39 bits per heavy atom. The minimum Gasteiger partial charge on any atom is -0.435 e. The van der Waals surface area contributed by atoms with Crippen LogP contribution in [0.25, 0.3) is 0 Å². The van der Waals surface area contributed by atoms with E-state index in [2.05, 4.69) is 4.74 Å². The van der Waals surface area contributed by atoms with Crippen molar-refractivity contribution < 1.29 is 17.9 Å². The number of nitrogens with two attached hydrogens (primary N) is 1. The van der Waals surface area contributed by atoms with Crippen molar-refractivity contribution in [2.24, 2.45) is 11.1 Å². The summed E-state index contributed by atoms with van der Waals surface area (Å²) >= 11 is 0. The van der Waals surface area contributed by atoms with Crippen molar-refractivity contribution in [3.63, 3.8) is 0 Å². The van der Waals surface area contributed by atoms with Crippen LogP contribution in [0, 0.1) is 11.2 Å². The summed E-state index contributed by atoms with van der Waals surface area (Å²) in [4.78, 5) is 0. The molecule has 0 heterocycles. The maximum atomic E-state index is 14.0. The van der Waals surface area contributed by atoms with Gasteiger partial charge < -0.3 is 10.5 Å². The number of hydrogen-bond donors (Lipinski definition) is 1. The van der Waals surface area contributed by atoms with Crippen molar-refractivity contribution in [2.45, 2.75) is 32.3 Å². The lowest BCUT2D eigenvalue weighted by Crippen LogP contribution is -2.26. The Morgan fingerprint density at radius 2 is 2.00 bits per heavy atom. The SMILES string of the molecule is CC1(C)CC1(CN)c1ccc(OC(F)F)cc1F. The first kappa shape index (κ1) is 13.2. The molecule has 1 atom stereocenters. The molecule has 1 unspecified atom stereocenters. The lowest BCUT2D eigenvalue weighted by Gasteiger charge is -2.20. The summed E-state index contributed by atoms with van der Waals surface area (Å²) in [7, 11) is 0. The zero-order valence-electron chi connectivity index (χ0n) is 10.3. The molecule has 1 aromatic rings. The lowest BCUT2D eigenvalue weighted by molar-refractivity contribution is -0.0500. The molecule has 100 valence electrons. The fraction of sp³-hybridized carbons (Fsp3) is 0.538. The van der Waals surface area contributed by atoms with Crippen LogP contribution in [-0.4, -0.2) is 13.2 Å². The molecular formula is C13H16F3NO. The number of rotatable bonds is 4. The highest BCUT2D eigenvalue weighted by Crippen LogP contribution is 2.64. The zero-order valence-corrected chi connectivity index (χ0v) is 10.3. The van der Waals surface area contributed by atoms with E-state index in [0.717, 1.165) is 12.5 Å². The second kappa shape index (κ2) is 4.16. The van der Waals surface area contributed by atoms with Crippen molar-refractivity contribution >= 4 is 0 Å². The standard InChI is InChI=1S/C13H16F3NO/c1-12(2)6-13(12,7-17)9-4-3-8(5-10(9)14)18-11(15)16/h3-5,11H,6-7,17H2,1-2H3. The first-order chi connectivity index (χ1) is 8.32. The molecule has 1 aliphatic carbocycles. The van der Waals surface area contributed by atoms with Gasteiger partial charge >= 0.3 is 6.61 Å². The predicted molar refractivity (Wildman–Crippen MR) is 62.2 cm³/mol. The van der Waals surface area contributed by atoms with E-state index in [1.807, 2.05) is 13.8 Å². The van der Waals surface area contributed by atoms with E-state index in [9.17, 15) is 13.2 Å². The first-order valence-corrected chi connectivity index (χ1v) is 5.77. The molecule has 1 aliphatic rings. The average Bonchev–Trinajstić information content (AvgIpc) is 2.81. The van der Waals surface area contributed by atoms with E-state index in [4.69, 9.17) is 5.73 Å². The van der Waals surface area contributed by atoms with Gasteiger partial charge in [0.1, 0.15) is 11.6 Å². The number of benzene rings is 1. The Kier molecular flexibility index (Phi) is 3.05. The molecule has 0 spiro atoms. The molecule has 1 saturated carbocycles. The second-order valence-corrected chi connectivity index (χ2v) is 5.37. The summed E-state index contributed by atoms with van der Waals surface area (Å²) in [6.45, 7) is 1.42. The van der Waals surface area contributed by atoms with Gasteiger partial charge in [0.15, 0.2) is 0 Å². The van der Waals surface area contributed by atoms with E-state index < -0.39 is 12.4 Å². The molecule has 0 amide bonds. The monoisotopic (exact) mass is 259 g/mol. The quantitative estimate of drug-likeness (QED) is 0.902. The number of alkyl halides is 2. The van der Waals surface area contributed by atoms with Gasteiger partial charge in [0, 0.05) is 18.0 Å². The Labute approximate surface area is 104 Å². The second-order valence-electron chi connectivity index (χ2n) is 5.37. The summed E-state index contributed by atoms with van der Waals surface area (Å²) in [6.07, 6.45) is 0.794. The maximum Gasteiger partial charge on any atom is 0.387 e. The molecule has 0 aromatic heterocycles. The number of hydrogen-bond acceptors (Lipinski definition) is 2. The third kappa shape index (κ3) is 1.96. The van der Waals surface area contributed by atoms with Crippen LogP contribution in [0.5, 0.6) is 5.75 Å². The third-order valence-corrected chi connectivity index (χ3v) is 3.94. The van der Waals surface area contributed by atoms with Crippen molar-refractivity contribution in [1.29, 1.82) is 0 Å². The van der Waals surface area contributed by atoms with Crippen LogP contribution in [0.3, 0.4) is 0 Å². The van der Waals surface area contributed by atoms with Crippen LogP contribution < -0.4 is 10.5 Å². The molecule has 0 aliphatic heterocycles. The minimum absolute atomic E-state index is 0.0618. The Morgan fingerprint density at radius 1 is 1.39 bits per heavy atom. The van der Waals surface area contributed by atoms with E-state index >= 15 is 0 Å². The van der Waals surface area contributed by atoms with Gasteiger partial charge in [-0.3, -0.25) is 0 Å². The predicted octanol–water partition coefficient (Wildman–Crippen LogP) is 3.05. The third-order valence-electron chi connectivity index (χ3n) is 3.94. The van der Waals surface area contributed by atoms with Crippen LogP contribution in [0.1, 0.15) is 25.8 Å². The topological polar surface area (TPSA) is 35.2 Å². The number of halogens is 3. The molecule has 0 saturated heterocycles. The Hall–Kier alpha value is -1.23. The van der Waals surface area contributed by atoms with Gasteiger partial charge in [-0.15, -0.1) is 0 Å². The fourth-order valence-corrected chi connectivity index (χ4v) is 2.69. The van der Waals surface area contributed by atoms with E-state index in [-0.39, 0.29) is 16.6 Å². The molecule has 1 aromatic carbocycles. The molecular weight excluding hydrogens is 243 g/mol. The maximum absolute atomic E-state index is 14.0. The van der Waals surface area contributed by atoms with Gasteiger partial charge in [-0.05, 0) is 23.5 Å². The fourth-order valence-electron chi connectivity index (χ4n) is 2.69. The van der Waals surface area contributed by atoms with Gasteiger partial charge in [-0.25, -0.2) is 4.39 Å². The Balaban J connectivity index is 2.31. The highest BCUT2D eigenvalue weighted by molar-refractivity contribution is 5.41. The Bertz CT molecular complexity index is 462. The summed E-state index contributed by atoms with van der Waals surface area (Å²) < 4.78 is 42.2. The molecule has 2 rings (SSSR count). The molecule has 0 radical (unpaired) electrons. The van der Waals surface area contributed by atoms with Crippen LogP contribution in [0.2, 0.25) is 0 Å². The first-order valence-electron chi connectivity index (χ1n) is 5.77. The van der Waals surface area contributed by atoms with Gasteiger partial charge in [0.2, 0.25) is 0 Å². The van der Waals surface area contributed by atoms with Crippen molar-refractivity contribution in [2.75, 3.05) is 6.54 Å². The van der Waals surface area contributed by atoms with Crippen molar-refractivity contribution in [1.82, 2.24) is 0 Å². The van der Waals surface area contributed by atoms with Crippen molar-refractivity contribution in [3.05, 3.63) is 29.6 Å². The van der Waals surface area contributed by atoms with Crippen molar-refractivity contribution in [3.8, 4) is 5.75 Å². The highest BCUT2D eigenvalue weighted by atomic mass is 19.3. The smallest absolute Gasteiger partial charge is 0.387 e. The minimum atomic E-state index is -2.95. The van der Waals surface area contributed by atoms with Crippen LogP contribution in [0.15, 0.2) is 18.2 Å². The normalized spacial score (nSPS) is 25.3. The van der Waals surface area contributed by atoms with E-state index in [0.29, 0.717) is 12.1 Å². The van der Waals surface area contributed by atoms with Crippen LogP contribution >= 0.6 is 0 Å². The summed E-state index contributed by atoms with van der Waals surface area (Å²) in [6, 6.07) is 3.85. The largest absolute Gasteiger partial charge is 0.435 e. The van der Waals surface area contributed by atoms with Gasteiger partial charge in [-0.1, -0.05) is 19.9 Å². The van der Waals surface area contributed by atoms with E-state index in [1.165, 1.54) is 12.1 Å². The molecule has 18 heavy (non-hydrogen) atoms. The summed E-state index contributed by atoms with van der Waals surface area (Å²) in [5.74, 6) is -0.707. The van der Waals surface area contributed by atoms with Crippen LogP contribution in [0.4, 0.5) is 13.2 Å². The lowest BCUT2D eigenvalue weighted by atomic mass is 9.87. The van der Waals surface area contributed by atoms with Gasteiger partial charge in [0.05, 0.1) is 0 Å². The zero-order chi connectivity index (χ0) is 13.6. The number of ether oxygens (including phenoxy) is 1. The molecule has 2 N–H and O–H groups in total. The molecule has 0 bridgehead atoms. The van der Waals surface area contributed by atoms with Gasteiger partial charge in [0.25, 0.3) is 0 Å². The average molecular weight is 259 g/mol. The van der Waals surface area contributed by atoms with Gasteiger partial charge in [-0.2, -0.15) is 8.78 Å². The molecule has 1 fully saturated rings. The van der Waals surface area contributed by atoms with E-state index in [1.54, 1.807) is 0 Å². The van der Waals surface area contributed by atoms with Crippen LogP contribution in [-0.2, 0) is 5.41 Å². The molecule has 2 nitrogen and oxygen atoms in total. The molecule has 5 heteroatoms. The highest BCUT2D eigenvalue weighted by Gasteiger charge is 2.61.